The molecule has 3 rings (SSSR count). The van der Waals surface area contributed by atoms with E-state index < -0.39 is 17.4 Å². The predicted molar refractivity (Wildman–Crippen MR) is 117 cm³/mol. The van der Waals surface area contributed by atoms with E-state index in [0.717, 1.165) is 12.0 Å². The molecular weight excluding hydrogens is 408 g/mol. The highest BCUT2D eigenvalue weighted by molar-refractivity contribution is 6.30. The summed E-state index contributed by atoms with van der Waals surface area (Å²) in [5.74, 6) is 0.337. The lowest BCUT2D eigenvalue weighted by molar-refractivity contribution is -0.124. The van der Waals surface area contributed by atoms with Crippen LogP contribution in [0.15, 0.2) is 27.8 Å². The van der Waals surface area contributed by atoms with E-state index in [0.29, 0.717) is 36.7 Å². The molecule has 1 aliphatic heterocycles. The largest absolute Gasteiger partial charge is 0.480 e. The van der Waals surface area contributed by atoms with E-state index in [1.54, 1.807) is 18.2 Å². The van der Waals surface area contributed by atoms with Crippen molar-refractivity contribution in [2.45, 2.75) is 52.7 Å². The van der Waals surface area contributed by atoms with Gasteiger partial charge in [-0.3, -0.25) is 19.1 Å². The van der Waals surface area contributed by atoms with Crippen LogP contribution in [-0.4, -0.2) is 28.1 Å². The van der Waals surface area contributed by atoms with E-state index in [-0.39, 0.29) is 23.3 Å². The fraction of sp³-hybridized carbons (Fsp3) is 0.476. The summed E-state index contributed by atoms with van der Waals surface area (Å²) in [5, 5.41) is 0.565. The van der Waals surface area contributed by atoms with E-state index in [9.17, 15) is 14.4 Å². The van der Waals surface area contributed by atoms with Crippen molar-refractivity contribution in [3.8, 4) is 5.75 Å². The van der Waals surface area contributed by atoms with Gasteiger partial charge in [-0.1, -0.05) is 38.8 Å². The lowest BCUT2D eigenvalue weighted by Crippen LogP contribution is -2.47. The third-order valence-corrected chi connectivity index (χ3v) is 5.24. The molecule has 1 aliphatic rings. The molecule has 2 aromatic rings. The van der Waals surface area contributed by atoms with Crippen LogP contribution in [0.1, 0.15) is 39.2 Å². The Hall–Kier alpha value is -2.74. The highest BCUT2D eigenvalue weighted by atomic mass is 35.5. The minimum atomic E-state index is -0.792. The summed E-state index contributed by atoms with van der Waals surface area (Å²) in [6, 6.07) is 5.20. The van der Waals surface area contributed by atoms with Gasteiger partial charge in [-0.15, -0.1) is 0 Å². The van der Waals surface area contributed by atoms with Crippen LogP contribution in [0, 0.1) is 5.92 Å². The zero-order chi connectivity index (χ0) is 22.0. The van der Waals surface area contributed by atoms with Gasteiger partial charge in [0.25, 0.3) is 11.5 Å². The quantitative estimate of drug-likeness (QED) is 0.695. The molecule has 0 fully saturated rings. The number of benzene rings is 1. The minimum absolute atomic E-state index is 0.00807. The fourth-order valence-corrected chi connectivity index (χ4v) is 3.76. The molecule has 1 unspecified atom stereocenters. The normalized spacial score (nSPS) is 15.2. The molecule has 0 aliphatic carbocycles. The first-order valence-corrected chi connectivity index (χ1v) is 10.5. The van der Waals surface area contributed by atoms with Crippen LogP contribution < -0.4 is 26.6 Å². The number of ether oxygens (including phenoxy) is 1. The number of hydrogen-bond acceptors (Lipinski definition) is 5. The molecular formula is C21H27ClN4O4. The minimum Gasteiger partial charge on any atom is -0.480 e. The molecule has 2 heterocycles. The number of aromatic amines is 1. The summed E-state index contributed by atoms with van der Waals surface area (Å²) in [6.45, 7) is 6.48. The maximum Gasteiger partial charge on any atom is 0.330 e. The number of aromatic nitrogens is 2. The summed E-state index contributed by atoms with van der Waals surface area (Å²) in [4.78, 5) is 42.0. The summed E-state index contributed by atoms with van der Waals surface area (Å²) in [7, 11) is 0. The van der Waals surface area contributed by atoms with Crippen molar-refractivity contribution < 1.29 is 9.53 Å². The molecule has 9 heteroatoms. The van der Waals surface area contributed by atoms with Gasteiger partial charge in [-0.05, 0) is 36.1 Å². The average Bonchev–Trinajstić information content (AvgIpc) is 3.10. The second kappa shape index (κ2) is 8.95. The summed E-state index contributed by atoms with van der Waals surface area (Å²) in [5.41, 5.74) is 5.80. The first-order valence-electron chi connectivity index (χ1n) is 10.1. The SMILES string of the molecule is CCCCN(C(=O)C1Cc2cc(Cl)ccc2O1)c1c(N)n(CC(C)C)c(=O)[nH]c1=O. The third kappa shape index (κ3) is 4.38. The number of nitrogens with zero attached hydrogens (tertiary/aromatic N) is 2. The van der Waals surface area contributed by atoms with Gasteiger partial charge < -0.3 is 15.4 Å². The van der Waals surface area contributed by atoms with Gasteiger partial charge in [-0.2, -0.15) is 0 Å². The highest BCUT2D eigenvalue weighted by Crippen LogP contribution is 2.32. The molecule has 3 N–H and O–H groups in total. The number of carbonyl (C=O) groups is 1. The fourth-order valence-electron chi connectivity index (χ4n) is 3.56. The number of amides is 1. The van der Waals surface area contributed by atoms with Gasteiger partial charge in [0.05, 0.1) is 0 Å². The number of H-pyrrole nitrogens is 1. The van der Waals surface area contributed by atoms with Crippen molar-refractivity contribution in [1.82, 2.24) is 9.55 Å². The van der Waals surface area contributed by atoms with E-state index in [4.69, 9.17) is 22.1 Å². The maximum absolute atomic E-state index is 13.4. The smallest absolute Gasteiger partial charge is 0.330 e. The Morgan fingerprint density at radius 2 is 2.13 bits per heavy atom. The second-order valence-electron chi connectivity index (χ2n) is 7.90. The molecule has 162 valence electrons. The molecule has 1 aromatic carbocycles. The molecule has 0 saturated heterocycles. The van der Waals surface area contributed by atoms with Crippen LogP contribution in [0.5, 0.6) is 5.75 Å². The Bertz CT molecular complexity index is 1060. The highest BCUT2D eigenvalue weighted by Gasteiger charge is 2.35. The van der Waals surface area contributed by atoms with E-state index in [1.807, 2.05) is 20.8 Å². The zero-order valence-corrected chi connectivity index (χ0v) is 18.2. The molecule has 8 nitrogen and oxygen atoms in total. The van der Waals surface area contributed by atoms with Crippen molar-refractivity contribution in [1.29, 1.82) is 0 Å². The van der Waals surface area contributed by atoms with Gasteiger partial charge >= 0.3 is 5.69 Å². The lowest BCUT2D eigenvalue weighted by Gasteiger charge is -2.26. The predicted octanol–water partition coefficient (Wildman–Crippen LogP) is 2.57. The number of halogens is 1. The molecule has 0 spiro atoms. The number of fused-ring (bicyclic) bond motifs is 1. The van der Waals surface area contributed by atoms with E-state index in [2.05, 4.69) is 4.98 Å². The summed E-state index contributed by atoms with van der Waals surface area (Å²) >= 11 is 6.05. The Kier molecular flexibility index (Phi) is 6.55. The molecule has 0 radical (unpaired) electrons. The van der Waals surface area contributed by atoms with Gasteiger partial charge in [-0.25, -0.2) is 4.79 Å². The van der Waals surface area contributed by atoms with Crippen LogP contribution in [0.3, 0.4) is 0 Å². The van der Waals surface area contributed by atoms with Crippen LogP contribution in [-0.2, 0) is 17.8 Å². The Morgan fingerprint density at radius 3 is 2.80 bits per heavy atom. The Balaban J connectivity index is 2.00. The van der Waals surface area contributed by atoms with Crippen LogP contribution in [0.25, 0.3) is 0 Å². The molecule has 0 bridgehead atoms. The van der Waals surface area contributed by atoms with Crippen molar-refractivity contribution in [2.24, 2.45) is 5.92 Å². The summed E-state index contributed by atoms with van der Waals surface area (Å²) < 4.78 is 7.14. The molecule has 0 saturated carbocycles. The second-order valence-corrected chi connectivity index (χ2v) is 8.34. The number of hydrogen-bond donors (Lipinski definition) is 2. The molecule has 30 heavy (non-hydrogen) atoms. The number of anilines is 2. The van der Waals surface area contributed by atoms with Crippen LogP contribution in [0.4, 0.5) is 11.5 Å². The number of carbonyl (C=O) groups excluding carboxylic acids is 1. The first kappa shape index (κ1) is 22.0. The monoisotopic (exact) mass is 434 g/mol. The van der Waals surface area contributed by atoms with Crippen molar-refractivity contribution in [3.63, 3.8) is 0 Å². The van der Waals surface area contributed by atoms with Crippen molar-refractivity contribution >= 4 is 29.0 Å². The van der Waals surface area contributed by atoms with E-state index in [1.165, 1.54) is 9.47 Å². The first-order chi connectivity index (χ1) is 14.2. The van der Waals surface area contributed by atoms with Gasteiger partial charge in [0, 0.05) is 24.5 Å². The van der Waals surface area contributed by atoms with Crippen LogP contribution >= 0.6 is 11.6 Å². The number of nitrogens with one attached hydrogen (secondary N) is 1. The summed E-state index contributed by atoms with van der Waals surface area (Å²) in [6.07, 6.45) is 1.04. The maximum atomic E-state index is 13.4. The van der Waals surface area contributed by atoms with Crippen molar-refractivity contribution in [2.75, 3.05) is 17.2 Å². The van der Waals surface area contributed by atoms with Gasteiger partial charge in [0.15, 0.2) is 11.8 Å². The topological polar surface area (TPSA) is 110 Å². The number of unbranched alkanes of at least 4 members (excludes halogenated alkanes) is 1. The third-order valence-electron chi connectivity index (χ3n) is 5.01. The molecule has 1 amide bonds. The number of nitrogens with two attached hydrogens (primary N) is 1. The molecule has 1 atom stereocenters. The number of rotatable bonds is 7. The average molecular weight is 435 g/mol. The molecule has 1 aromatic heterocycles. The van der Waals surface area contributed by atoms with Gasteiger partial charge in [0.2, 0.25) is 0 Å². The Morgan fingerprint density at radius 1 is 1.40 bits per heavy atom. The zero-order valence-electron chi connectivity index (χ0n) is 17.4. The van der Waals surface area contributed by atoms with E-state index >= 15 is 0 Å². The lowest BCUT2D eigenvalue weighted by atomic mass is 10.1. The van der Waals surface area contributed by atoms with Crippen LogP contribution in [0.2, 0.25) is 5.02 Å². The van der Waals surface area contributed by atoms with Gasteiger partial charge in [0.1, 0.15) is 11.6 Å². The van der Waals surface area contributed by atoms with Crippen molar-refractivity contribution in [3.05, 3.63) is 49.6 Å². The number of nitrogen functional groups attached to an aromatic ring is 1. The Labute approximate surface area is 179 Å². The standard InChI is InChI=1S/C21H27ClN4O4/c1-4-5-8-25(17-18(23)26(11-12(2)3)21(29)24-19(17)27)20(28)16-10-13-9-14(22)6-7-15(13)30-16/h6-7,9,12,16H,4-5,8,10-11,23H2,1-3H3,(H,24,27,29).